The highest BCUT2D eigenvalue weighted by molar-refractivity contribution is 7.48. The van der Waals surface area contributed by atoms with Crippen molar-refractivity contribution in [3.8, 4) is 5.75 Å². The Hall–Kier alpha value is -2.16. The molecule has 0 fully saturated rings. The van der Waals surface area contributed by atoms with Crippen molar-refractivity contribution in [2.75, 3.05) is 13.2 Å². The van der Waals surface area contributed by atoms with E-state index < -0.39 is 24.5 Å². The molecule has 0 radical (unpaired) electrons. The van der Waals surface area contributed by atoms with Gasteiger partial charge >= 0.3 is 19.6 Å². The number of carbonyl (C=O) groups excluding carboxylic acids is 1. The van der Waals surface area contributed by atoms with Gasteiger partial charge in [0.05, 0.1) is 18.1 Å². The van der Waals surface area contributed by atoms with E-state index in [4.69, 9.17) is 19.3 Å². The molecule has 10 nitrogen and oxygen atoms in total. The van der Waals surface area contributed by atoms with Crippen LogP contribution in [0.15, 0.2) is 18.2 Å². The van der Waals surface area contributed by atoms with Crippen LogP contribution in [0, 0.1) is 10.1 Å². The predicted molar refractivity (Wildman–Crippen MR) is 79.0 cm³/mol. The van der Waals surface area contributed by atoms with Gasteiger partial charge in [-0.05, 0) is 25.5 Å². The molecule has 0 heterocycles. The number of hydrogen-bond acceptors (Lipinski definition) is 8. The molecule has 0 aliphatic rings. The lowest BCUT2D eigenvalue weighted by Gasteiger charge is -2.17. The van der Waals surface area contributed by atoms with Gasteiger partial charge in [0.15, 0.2) is 0 Å². The van der Waals surface area contributed by atoms with Crippen LogP contribution in [0.5, 0.6) is 5.75 Å². The number of benzene rings is 1. The van der Waals surface area contributed by atoms with E-state index in [1.54, 1.807) is 13.8 Å². The third kappa shape index (κ3) is 5.85. The number of phosphoric acid groups is 1. The van der Waals surface area contributed by atoms with E-state index in [1.807, 2.05) is 0 Å². The maximum absolute atomic E-state index is 12.3. The van der Waals surface area contributed by atoms with Crippen molar-refractivity contribution in [3.05, 3.63) is 33.9 Å². The minimum atomic E-state index is -3.96. The van der Waals surface area contributed by atoms with E-state index >= 15 is 0 Å². The molecule has 0 unspecified atom stereocenters. The number of carbonyl (C=O) groups is 1. The van der Waals surface area contributed by atoms with Crippen LogP contribution >= 0.6 is 7.82 Å². The van der Waals surface area contributed by atoms with E-state index in [-0.39, 0.29) is 25.6 Å². The van der Waals surface area contributed by atoms with Crippen LogP contribution in [0.3, 0.4) is 0 Å². The Morgan fingerprint density at radius 3 is 2.39 bits per heavy atom. The van der Waals surface area contributed by atoms with Gasteiger partial charge in [-0.15, -0.1) is 0 Å². The number of nitro benzene ring substituents is 1. The molecule has 0 bridgehead atoms. The second-order valence-corrected chi connectivity index (χ2v) is 5.63. The molecule has 23 heavy (non-hydrogen) atoms. The Morgan fingerprint density at radius 2 is 1.91 bits per heavy atom. The Morgan fingerprint density at radius 1 is 1.30 bits per heavy atom. The molecule has 2 N–H and O–H groups in total. The van der Waals surface area contributed by atoms with E-state index in [1.165, 1.54) is 12.1 Å². The second kappa shape index (κ2) is 8.47. The molecule has 0 aliphatic carbocycles. The van der Waals surface area contributed by atoms with Gasteiger partial charge in [-0.1, -0.05) is 6.07 Å². The molecule has 1 aromatic carbocycles. The number of primary amides is 1. The fraction of sp³-hybridized carbons (Fsp3) is 0.417. The fourth-order valence-electron chi connectivity index (χ4n) is 1.55. The quantitative estimate of drug-likeness (QED) is 0.408. The van der Waals surface area contributed by atoms with Gasteiger partial charge < -0.3 is 15.0 Å². The molecular formula is C12H17N2O8P. The molecule has 1 amide bonds. The topological polar surface area (TPSA) is 140 Å². The third-order valence-corrected chi connectivity index (χ3v) is 3.95. The molecule has 0 aromatic heterocycles. The first kappa shape index (κ1) is 18.9. The van der Waals surface area contributed by atoms with Crippen molar-refractivity contribution in [3.63, 3.8) is 0 Å². The third-order valence-electron chi connectivity index (χ3n) is 2.39. The largest absolute Gasteiger partial charge is 0.530 e. The van der Waals surface area contributed by atoms with Gasteiger partial charge in [0.25, 0.3) is 0 Å². The van der Waals surface area contributed by atoms with Crippen molar-refractivity contribution < 1.29 is 32.6 Å². The molecule has 11 heteroatoms. The summed E-state index contributed by atoms with van der Waals surface area (Å²) in [7, 11) is -3.96. The van der Waals surface area contributed by atoms with Crippen molar-refractivity contribution in [2.45, 2.75) is 20.5 Å². The van der Waals surface area contributed by atoms with Gasteiger partial charge in [-0.2, -0.15) is 0 Å². The summed E-state index contributed by atoms with van der Waals surface area (Å²) < 4.78 is 31.8. The second-order valence-electron chi connectivity index (χ2n) is 4.04. The number of phosphoric ester groups is 1. The molecule has 1 aromatic rings. The summed E-state index contributed by atoms with van der Waals surface area (Å²) >= 11 is 0. The zero-order valence-electron chi connectivity index (χ0n) is 12.6. The highest BCUT2D eigenvalue weighted by Gasteiger charge is 2.31. The van der Waals surface area contributed by atoms with E-state index in [0.29, 0.717) is 5.56 Å². The first-order chi connectivity index (χ1) is 10.8. The maximum Gasteiger partial charge on any atom is 0.530 e. The predicted octanol–water partition coefficient (Wildman–Crippen LogP) is 2.75. The number of amides is 1. The lowest BCUT2D eigenvalue weighted by molar-refractivity contribution is -0.385. The molecule has 0 saturated heterocycles. The fourth-order valence-corrected chi connectivity index (χ4v) is 2.76. The van der Waals surface area contributed by atoms with Crippen molar-refractivity contribution in [2.24, 2.45) is 5.73 Å². The van der Waals surface area contributed by atoms with Gasteiger partial charge in [-0.25, -0.2) is 9.36 Å². The van der Waals surface area contributed by atoms with Gasteiger partial charge in [-0.3, -0.25) is 19.2 Å². The molecule has 1 rings (SSSR count). The lowest BCUT2D eigenvalue weighted by atomic mass is 10.2. The molecule has 0 atom stereocenters. The lowest BCUT2D eigenvalue weighted by Crippen LogP contribution is -2.12. The highest BCUT2D eigenvalue weighted by atomic mass is 31.2. The normalized spacial score (nSPS) is 11.0. The van der Waals surface area contributed by atoms with E-state index in [2.05, 4.69) is 4.74 Å². The van der Waals surface area contributed by atoms with E-state index in [9.17, 15) is 19.5 Å². The zero-order chi connectivity index (χ0) is 17.5. The average Bonchev–Trinajstić information content (AvgIpc) is 2.46. The first-order valence-electron chi connectivity index (χ1n) is 6.59. The van der Waals surface area contributed by atoms with Crippen LogP contribution in [-0.2, 0) is 25.0 Å². The molecule has 0 aliphatic heterocycles. The number of ether oxygens (including phenoxy) is 1. The van der Waals surface area contributed by atoms with Crippen molar-refractivity contribution in [1.82, 2.24) is 0 Å². The summed E-state index contributed by atoms with van der Waals surface area (Å²) in [5, 5.41) is 11.1. The van der Waals surface area contributed by atoms with Gasteiger partial charge in [0.1, 0.15) is 6.61 Å². The van der Waals surface area contributed by atoms with Crippen LogP contribution in [0.2, 0.25) is 0 Å². The number of hydrogen-bond donors (Lipinski definition) is 1. The Bertz CT molecular complexity index is 611. The van der Waals surface area contributed by atoms with Crippen molar-refractivity contribution in [1.29, 1.82) is 0 Å². The van der Waals surface area contributed by atoms with Crippen LogP contribution in [0.25, 0.3) is 0 Å². The summed E-state index contributed by atoms with van der Waals surface area (Å²) in [6, 6.07) is 3.72. The highest BCUT2D eigenvalue weighted by Crippen LogP contribution is 2.51. The standard InChI is InChI=1S/C12H17N2O8P/c1-3-20-23(18,21-4-2)22-11-6-5-9(8-19-12(13)15)7-10(11)14(16)17/h5-7H,3-4,8H2,1-2H3,(H2,13,15). The van der Waals surface area contributed by atoms with Crippen molar-refractivity contribution >= 4 is 19.6 Å². The number of nitrogens with two attached hydrogens (primary N) is 1. The number of nitro groups is 1. The SMILES string of the molecule is CCOP(=O)(OCC)Oc1ccc(COC(N)=O)cc1[N+](=O)[O-]. The van der Waals surface area contributed by atoms with E-state index in [0.717, 1.165) is 6.07 Å². The van der Waals surface area contributed by atoms with Crippen LogP contribution in [0.4, 0.5) is 10.5 Å². The number of rotatable bonds is 9. The molecule has 128 valence electrons. The molecule has 0 saturated carbocycles. The average molecular weight is 348 g/mol. The first-order valence-corrected chi connectivity index (χ1v) is 8.05. The summed E-state index contributed by atoms with van der Waals surface area (Å²) in [5.41, 5.74) is 4.66. The Balaban J connectivity index is 3.07. The molecular weight excluding hydrogens is 331 g/mol. The van der Waals surface area contributed by atoms with Crippen LogP contribution in [0.1, 0.15) is 19.4 Å². The summed E-state index contributed by atoms with van der Waals surface area (Å²) in [6.45, 7) is 2.98. The monoisotopic (exact) mass is 348 g/mol. The van der Waals surface area contributed by atoms with Gasteiger partial charge in [0, 0.05) is 6.07 Å². The summed E-state index contributed by atoms with van der Waals surface area (Å²) in [4.78, 5) is 21.0. The minimum Gasteiger partial charge on any atom is -0.445 e. The summed E-state index contributed by atoms with van der Waals surface area (Å²) in [6.07, 6.45) is -1.01. The minimum absolute atomic E-state index is 0.0373. The Labute approximate surface area is 132 Å². The smallest absolute Gasteiger partial charge is 0.445 e. The van der Waals surface area contributed by atoms with Crippen LogP contribution < -0.4 is 10.3 Å². The number of nitrogens with zero attached hydrogens (tertiary/aromatic N) is 1. The Kier molecular flexibility index (Phi) is 6.95. The summed E-state index contributed by atoms with van der Waals surface area (Å²) in [5.74, 6) is -0.289. The van der Waals surface area contributed by atoms with Crippen LogP contribution in [-0.4, -0.2) is 24.2 Å². The van der Waals surface area contributed by atoms with Gasteiger partial charge in [0.2, 0.25) is 5.75 Å². The zero-order valence-corrected chi connectivity index (χ0v) is 13.5. The molecule has 0 spiro atoms. The maximum atomic E-state index is 12.3.